The highest BCUT2D eigenvalue weighted by atomic mass is 16.2. The van der Waals surface area contributed by atoms with Crippen LogP contribution in [0.15, 0.2) is 11.6 Å². The van der Waals surface area contributed by atoms with Gasteiger partial charge in [-0.05, 0) is 33.6 Å². The van der Waals surface area contributed by atoms with Crippen molar-refractivity contribution < 1.29 is 9.59 Å². The first-order chi connectivity index (χ1) is 7.50. The standard InChI is InChI=1S/C12H18N2O2/c1-7(2)14-10-6-8(3)4-5-9(10)11(15)13-12(14)16/h6-7,9-10H,4-5H2,1-3H3,(H,13,15,16). The lowest BCUT2D eigenvalue weighted by Crippen LogP contribution is -2.62. The first-order valence-corrected chi connectivity index (χ1v) is 5.81. The fourth-order valence-electron chi connectivity index (χ4n) is 2.58. The summed E-state index contributed by atoms with van der Waals surface area (Å²) in [6, 6.07) is -0.190. The van der Waals surface area contributed by atoms with Gasteiger partial charge in [0.05, 0.1) is 12.0 Å². The number of nitrogens with zero attached hydrogens (tertiary/aromatic N) is 1. The Kier molecular flexibility index (Phi) is 2.74. The van der Waals surface area contributed by atoms with Crippen molar-refractivity contribution in [3.8, 4) is 0 Å². The molecule has 88 valence electrons. The lowest BCUT2D eigenvalue weighted by atomic mass is 9.83. The second kappa shape index (κ2) is 3.92. The van der Waals surface area contributed by atoms with Gasteiger partial charge in [0.15, 0.2) is 0 Å². The molecule has 2 unspecified atom stereocenters. The van der Waals surface area contributed by atoms with Crippen molar-refractivity contribution in [3.05, 3.63) is 11.6 Å². The van der Waals surface area contributed by atoms with Gasteiger partial charge in [-0.1, -0.05) is 11.6 Å². The number of fused-ring (bicyclic) bond motifs is 1. The number of hydrogen-bond donors (Lipinski definition) is 1. The molecule has 16 heavy (non-hydrogen) atoms. The van der Waals surface area contributed by atoms with Crippen LogP contribution >= 0.6 is 0 Å². The summed E-state index contributed by atoms with van der Waals surface area (Å²) in [6.07, 6.45) is 3.87. The number of urea groups is 1. The zero-order valence-electron chi connectivity index (χ0n) is 9.99. The fourth-order valence-corrected chi connectivity index (χ4v) is 2.58. The molecule has 2 aliphatic rings. The number of amides is 3. The summed E-state index contributed by atoms with van der Waals surface area (Å²) in [4.78, 5) is 25.3. The molecule has 0 bridgehead atoms. The zero-order valence-corrected chi connectivity index (χ0v) is 9.99. The summed E-state index contributed by atoms with van der Waals surface area (Å²) < 4.78 is 0. The highest BCUT2D eigenvalue weighted by Gasteiger charge is 2.42. The van der Waals surface area contributed by atoms with E-state index in [1.807, 2.05) is 13.8 Å². The molecule has 0 spiro atoms. The molecule has 4 heteroatoms. The number of hydrogen-bond acceptors (Lipinski definition) is 2. The van der Waals surface area contributed by atoms with E-state index in [9.17, 15) is 9.59 Å². The summed E-state index contributed by atoms with van der Waals surface area (Å²) in [5.74, 6) is -0.181. The van der Waals surface area contributed by atoms with Crippen LogP contribution in [0.5, 0.6) is 0 Å². The van der Waals surface area contributed by atoms with Crippen molar-refractivity contribution in [2.45, 2.75) is 45.7 Å². The SMILES string of the molecule is CC1=CC2C(CC1)C(=O)NC(=O)N2C(C)C. The number of imide groups is 1. The van der Waals surface area contributed by atoms with E-state index in [1.165, 1.54) is 5.57 Å². The predicted molar refractivity (Wildman–Crippen MR) is 60.8 cm³/mol. The van der Waals surface area contributed by atoms with Crippen LogP contribution in [0.4, 0.5) is 4.79 Å². The van der Waals surface area contributed by atoms with Crippen molar-refractivity contribution in [1.29, 1.82) is 0 Å². The molecule has 2 rings (SSSR count). The Labute approximate surface area is 95.7 Å². The van der Waals surface area contributed by atoms with E-state index in [2.05, 4.69) is 18.3 Å². The van der Waals surface area contributed by atoms with Gasteiger partial charge in [-0.3, -0.25) is 10.1 Å². The Morgan fingerprint density at radius 1 is 1.44 bits per heavy atom. The van der Waals surface area contributed by atoms with Gasteiger partial charge in [-0.25, -0.2) is 4.79 Å². The molecule has 0 aromatic rings. The van der Waals surface area contributed by atoms with Gasteiger partial charge in [-0.2, -0.15) is 0 Å². The summed E-state index contributed by atoms with van der Waals surface area (Å²) in [5, 5.41) is 2.44. The number of carbonyl (C=O) groups is 2. The van der Waals surface area contributed by atoms with Crippen LogP contribution < -0.4 is 5.32 Å². The van der Waals surface area contributed by atoms with Crippen LogP contribution in [-0.2, 0) is 4.79 Å². The van der Waals surface area contributed by atoms with Crippen LogP contribution in [0.3, 0.4) is 0 Å². The first-order valence-electron chi connectivity index (χ1n) is 5.81. The quantitative estimate of drug-likeness (QED) is 0.686. The smallest absolute Gasteiger partial charge is 0.315 e. The molecule has 4 nitrogen and oxygen atoms in total. The Bertz CT molecular complexity index is 360. The van der Waals surface area contributed by atoms with E-state index in [0.717, 1.165) is 12.8 Å². The van der Waals surface area contributed by atoms with Crippen LogP contribution in [0.1, 0.15) is 33.6 Å². The van der Waals surface area contributed by atoms with E-state index >= 15 is 0 Å². The van der Waals surface area contributed by atoms with Crippen molar-refractivity contribution in [2.75, 3.05) is 0 Å². The molecule has 1 aliphatic heterocycles. The van der Waals surface area contributed by atoms with Crippen molar-refractivity contribution in [2.24, 2.45) is 5.92 Å². The second-order valence-corrected chi connectivity index (χ2v) is 4.94. The van der Waals surface area contributed by atoms with E-state index in [4.69, 9.17) is 0 Å². The van der Waals surface area contributed by atoms with Crippen molar-refractivity contribution in [3.63, 3.8) is 0 Å². The maximum Gasteiger partial charge on any atom is 0.324 e. The minimum atomic E-state index is -0.257. The van der Waals surface area contributed by atoms with Gasteiger partial charge < -0.3 is 4.90 Å². The highest BCUT2D eigenvalue weighted by Crippen LogP contribution is 2.31. The Morgan fingerprint density at radius 2 is 2.12 bits per heavy atom. The Balaban J connectivity index is 2.35. The maximum absolute atomic E-state index is 11.8. The number of carbonyl (C=O) groups excluding carboxylic acids is 2. The lowest BCUT2D eigenvalue weighted by molar-refractivity contribution is -0.128. The summed E-state index contributed by atoms with van der Waals surface area (Å²) in [7, 11) is 0. The van der Waals surface area contributed by atoms with Crippen LogP contribution in [0.2, 0.25) is 0 Å². The molecular weight excluding hydrogens is 204 g/mol. The Morgan fingerprint density at radius 3 is 2.75 bits per heavy atom. The molecule has 2 atom stereocenters. The minimum Gasteiger partial charge on any atom is -0.315 e. The Hall–Kier alpha value is -1.32. The largest absolute Gasteiger partial charge is 0.324 e. The minimum absolute atomic E-state index is 0.0463. The molecule has 3 amide bonds. The molecular formula is C12H18N2O2. The van der Waals surface area contributed by atoms with Gasteiger partial charge in [0, 0.05) is 6.04 Å². The molecule has 0 saturated carbocycles. The first kappa shape index (κ1) is 11.2. The predicted octanol–water partition coefficient (Wildman–Crippen LogP) is 1.67. The second-order valence-electron chi connectivity index (χ2n) is 4.94. The summed E-state index contributed by atoms with van der Waals surface area (Å²) in [5.41, 5.74) is 1.27. The van der Waals surface area contributed by atoms with Gasteiger partial charge >= 0.3 is 6.03 Å². The van der Waals surface area contributed by atoms with Crippen molar-refractivity contribution in [1.82, 2.24) is 10.2 Å². The fraction of sp³-hybridized carbons (Fsp3) is 0.667. The topological polar surface area (TPSA) is 49.4 Å². The average molecular weight is 222 g/mol. The van der Waals surface area contributed by atoms with Crippen LogP contribution in [0.25, 0.3) is 0 Å². The number of nitrogens with one attached hydrogen (secondary N) is 1. The zero-order chi connectivity index (χ0) is 11.9. The van der Waals surface area contributed by atoms with Gasteiger partial charge in [-0.15, -0.1) is 0 Å². The molecule has 1 heterocycles. The van der Waals surface area contributed by atoms with E-state index in [-0.39, 0.29) is 29.9 Å². The maximum atomic E-state index is 11.8. The molecule has 0 aromatic heterocycles. The molecule has 0 radical (unpaired) electrons. The molecule has 1 fully saturated rings. The number of allylic oxidation sites excluding steroid dienone is 1. The van der Waals surface area contributed by atoms with E-state index in [0.29, 0.717) is 0 Å². The van der Waals surface area contributed by atoms with E-state index < -0.39 is 0 Å². The van der Waals surface area contributed by atoms with E-state index in [1.54, 1.807) is 4.90 Å². The monoisotopic (exact) mass is 222 g/mol. The normalized spacial score (nSPS) is 30.0. The summed E-state index contributed by atoms with van der Waals surface area (Å²) in [6.45, 7) is 6.01. The van der Waals surface area contributed by atoms with Gasteiger partial charge in [0.25, 0.3) is 0 Å². The lowest BCUT2D eigenvalue weighted by Gasteiger charge is -2.43. The number of rotatable bonds is 1. The van der Waals surface area contributed by atoms with Gasteiger partial charge in [0.1, 0.15) is 0 Å². The van der Waals surface area contributed by atoms with Crippen molar-refractivity contribution >= 4 is 11.9 Å². The third-order valence-electron chi connectivity index (χ3n) is 3.40. The average Bonchev–Trinajstić information content (AvgIpc) is 2.15. The van der Waals surface area contributed by atoms with Gasteiger partial charge in [0.2, 0.25) is 5.91 Å². The highest BCUT2D eigenvalue weighted by molar-refractivity contribution is 5.99. The molecule has 0 aromatic carbocycles. The third-order valence-corrected chi connectivity index (χ3v) is 3.40. The van der Waals surface area contributed by atoms with Crippen LogP contribution in [0, 0.1) is 5.92 Å². The third kappa shape index (κ3) is 1.72. The molecule has 1 N–H and O–H groups in total. The van der Waals surface area contributed by atoms with Crippen LogP contribution in [-0.4, -0.2) is 28.9 Å². The molecule has 1 saturated heterocycles. The molecule has 1 aliphatic carbocycles. The summed E-state index contributed by atoms with van der Waals surface area (Å²) >= 11 is 0.